The van der Waals surface area contributed by atoms with E-state index in [1.54, 1.807) is 0 Å². The van der Waals surface area contributed by atoms with Crippen LogP contribution >= 0.6 is 7.82 Å². The zero-order valence-corrected chi connectivity index (χ0v) is 17.8. The molecule has 0 heterocycles. The van der Waals surface area contributed by atoms with Crippen LogP contribution in [0.3, 0.4) is 0 Å². The van der Waals surface area contributed by atoms with Gasteiger partial charge in [-0.1, -0.05) is 96.5 Å². The maximum Gasteiger partial charge on any atom is 0.469 e. The van der Waals surface area contributed by atoms with Crippen molar-refractivity contribution < 1.29 is 28.8 Å². The van der Waals surface area contributed by atoms with Crippen molar-refractivity contribution in [2.45, 2.75) is 103 Å². The lowest BCUT2D eigenvalue weighted by Crippen LogP contribution is -2.07. The number of allylic oxidation sites excluding steroid dienone is 1. The fraction of sp³-hybridized carbons (Fsp3) is 0.850. The Morgan fingerprint density at radius 2 is 1.22 bits per heavy atom. The lowest BCUT2D eigenvalue weighted by molar-refractivity contribution is -0.133. The number of phosphoric ester groups is 1. The number of phosphoric acid groups is 1. The smallest absolute Gasteiger partial charge is 0.469 e. The van der Waals surface area contributed by atoms with Crippen LogP contribution in [-0.2, 0) is 13.9 Å². The number of unbranched alkanes of at least 4 members (excludes halogenated alkanes) is 14. The Hall–Kier alpha value is -0.680. The van der Waals surface area contributed by atoms with E-state index in [-0.39, 0.29) is 5.57 Å². The summed E-state index contributed by atoms with van der Waals surface area (Å²) in [4.78, 5) is 28.2. The predicted octanol–water partition coefficient (Wildman–Crippen LogP) is 5.98. The minimum atomic E-state index is -4.64. The molecule has 0 aromatic heterocycles. The molecule has 0 fully saturated rings. The number of carbonyl (C=O) groups is 1. The van der Waals surface area contributed by atoms with E-state index in [9.17, 15) is 9.36 Å². The van der Waals surface area contributed by atoms with Crippen molar-refractivity contribution in [1.82, 2.24) is 0 Å². The second kappa shape index (κ2) is 17.4. The Kier molecular flexibility index (Phi) is 17.0. The van der Waals surface area contributed by atoms with Crippen molar-refractivity contribution in [2.75, 3.05) is 6.61 Å². The van der Waals surface area contributed by atoms with Gasteiger partial charge in [-0.2, -0.15) is 0 Å². The maximum atomic E-state index is 11.0. The lowest BCUT2D eigenvalue weighted by Gasteiger charge is -2.06. The molecule has 0 aliphatic heterocycles. The fourth-order valence-corrected chi connectivity index (χ4v) is 3.28. The highest BCUT2D eigenvalue weighted by atomic mass is 31.2. The zero-order valence-electron chi connectivity index (χ0n) is 16.9. The van der Waals surface area contributed by atoms with E-state index in [0.717, 1.165) is 19.3 Å². The number of aliphatic carboxylic acids is 1. The van der Waals surface area contributed by atoms with Gasteiger partial charge in [-0.05, 0) is 12.8 Å². The second-order valence-corrected chi connectivity index (χ2v) is 8.42. The topological polar surface area (TPSA) is 104 Å². The van der Waals surface area contributed by atoms with Gasteiger partial charge >= 0.3 is 13.8 Å². The van der Waals surface area contributed by atoms with Crippen molar-refractivity contribution in [1.29, 1.82) is 0 Å². The zero-order chi connectivity index (χ0) is 20.4. The van der Waals surface area contributed by atoms with E-state index in [2.05, 4.69) is 11.4 Å². The highest BCUT2D eigenvalue weighted by Gasteiger charge is 2.17. The van der Waals surface area contributed by atoms with E-state index in [1.807, 2.05) is 0 Å². The molecule has 0 radical (unpaired) electrons. The van der Waals surface area contributed by atoms with Crippen LogP contribution in [0, 0.1) is 0 Å². The van der Waals surface area contributed by atoms with Crippen molar-refractivity contribution >= 4 is 13.8 Å². The van der Waals surface area contributed by atoms with Gasteiger partial charge in [0.15, 0.2) is 0 Å². The van der Waals surface area contributed by atoms with Crippen LogP contribution in [0.4, 0.5) is 0 Å². The molecule has 0 saturated heterocycles. The predicted molar refractivity (Wildman–Crippen MR) is 109 cm³/mol. The molecule has 160 valence electrons. The Balaban J connectivity index is 3.51. The summed E-state index contributed by atoms with van der Waals surface area (Å²) in [5.74, 6) is -1.20. The number of carboxylic acids is 1. The molecule has 0 bridgehead atoms. The molecule has 6 nitrogen and oxygen atoms in total. The number of rotatable bonds is 19. The first-order chi connectivity index (χ1) is 12.9. The quantitative estimate of drug-likeness (QED) is 0.138. The van der Waals surface area contributed by atoms with Crippen LogP contribution in [0.1, 0.15) is 103 Å². The fourth-order valence-electron chi connectivity index (χ4n) is 2.98. The van der Waals surface area contributed by atoms with E-state index >= 15 is 0 Å². The van der Waals surface area contributed by atoms with Crippen LogP contribution in [0.15, 0.2) is 11.6 Å². The molecule has 0 amide bonds. The Bertz CT molecular complexity index is 444. The molecule has 0 rings (SSSR count). The minimum Gasteiger partial charge on any atom is -0.478 e. The average molecular weight is 407 g/mol. The molecule has 0 unspecified atom stereocenters. The molecule has 27 heavy (non-hydrogen) atoms. The molecule has 7 heteroatoms. The van der Waals surface area contributed by atoms with Gasteiger partial charge in [-0.25, -0.2) is 9.36 Å². The van der Waals surface area contributed by atoms with Crippen LogP contribution < -0.4 is 0 Å². The first-order valence-electron chi connectivity index (χ1n) is 10.5. The maximum absolute atomic E-state index is 11.0. The van der Waals surface area contributed by atoms with Crippen molar-refractivity contribution in [3.05, 3.63) is 11.6 Å². The summed E-state index contributed by atoms with van der Waals surface area (Å²) in [5, 5.41) is 8.98. The molecule has 3 N–H and O–H groups in total. The highest BCUT2D eigenvalue weighted by molar-refractivity contribution is 7.46. The number of hydrogen-bond acceptors (Lipinski definition) is 3. The first kappa shape index (κ1) is 26.3. The normalized spacial score (nSPS) is 12.5. The third kappa shape index (κ3) is 19.9. The first-order valence-corrected chi connectivity index (χ1v) is 12.0. The van der Waals surface area contributed by atoms with E-state index < -0.39 is 20.4 Å². The summed E-state index contributed by atoms with van der Waals surface area (Å²) in [7, 11) is -4.64. The van der Waals surface area contributed by atoms with Crippen LogP contribution in [0.25, 0.3) is 0 Å². The molecule has 0 atom stereocenters. The van der Waals surface area contributed by atoms with Crippen LogP contribution in [-0.4, -0.2) is 27.5 Å². The molecule has 0 aliphatic rings. The third-order valence-corrected chi connectivity index (χ3v) is 5.08. The van der Waals surface area contributed by atoms with Gasteiger partial charge in [-0.3, -0.25) is 4.52 Å². The van der Waals surface area contributed by atoms with Gasteiger partial charge in [0.25, 0.3) is 0 Å². The molecular weight excluding hydrogens is 367 g/mol. The molecule has 0 aromatic rings. The van der Waals surface area contributed by atoms with Crippen molar-refractivity contribution in [3.8, 4) is 0 Å². The average Bonchev–Trinajstić information content (AvgIpc) is 2.59. The summed E-state index contributed by atoms with van der Waals surface area (Å²) in [5.41, 5.74) is -0.104. The molecule has 0 aromatic carbocycles. The van der Waals surface area contributed by atoms with Crippen LogP contribution in [0.5, 0.6) is 0 Å². The van der Waals surface area contributed by atoms with Gasteiger partial charge in [-0.15, -0.1) is 0 Å². The summed E-state index contributed by atoms with van der Waals surface area (Å²) in [6.07, 6.45) is 19.8. The molecular formula is C20H39O6P. The van der Waals surface area contributed by atoms with Crippen LogP contribution in [0.2, 0.25) is 0 Å². The standard InChI is InChI=1S/C20H39O6P/c1-2-3-4-5-6-7-8-9-10-11-12-13-14-15-16-17-19(20(21)22)18-26-27(23,24)25/h17H,2-16,18H2,1H3,(H,21,22)(H2,23,24,25). The monoisotopic (exact) mass is 406 g/mol. The Labute approximate surface area is 164 Å². The summed E-state index contributed by atoms with van der Waals surface area (Å²) < 4.78 is 14.9. The SMILES string of the molecule is CCCCCCCCCCCCCCCCC=C(COP(=O)(O)O)C(=O)O. The van der Waals surface area contributed by atoms with Crippen molar-refractivity contribution in [2.24, 2.45) is 0 Å². The third-order valence-electron chi connectivity index (χ3n) is 4.61. The van der Waals surface area contributed by atoms with Gasteiger partial charge in [0.1, 0.15) is 0 Å². The highest BCUT2D eigenvalue weighted by Crippen LogP contribution is 2.36. The number of carboxylic acid groups (broad SMARTS) is 1. The van der Waals surface area contributed by atoms with Gasteiger partial charge in [0.05, 0.1) is 12.2 Å². The van der Waals surface area contributed by atoms with E-state index in [0.29, 0.717) is 6.42 Å². The van der Waals surface area contributed by atoms with Gasteiger partial charge < -0.3 is 14.9 Å². The second-order valence-electron chi connectivity index (χ2n) is 7.18. The Morgan fingerprint density at radius 1 is 0.815 bits per heavy atom. The largest absolute Gasteiger partial charge is 0.478 e. The van der Waals surface area contributed by atoms with Crippen molar-refractivity contribution in [3.63, 3.8) is 0 Å². The van der Waals surface area contributed by atoms with Gasteiger partial charge in [0, 0.05) is 0 Å². The van der Waals surface area contributed by atoms with E-state index in [4.69, 9.17) is 14.9 Å². The summed E-state index contributed by atoms with van der Waals surface area (Å²) in [6, 6.07) is 0. The summed E-state index contributed by atoms with van der Waals surface area (Å²) in [6.45, 7) is 1.67. The molecule has 0 spiro atoms. The Morgan fingerprint density at radius 3 is 1.59 bits per heavy atom. The molecule has 0 aliphatic carbocycles. The number of hydrogen-bond donors (Lipinski definition) is 3. The van der Waals surface area contributed by atoms with E-state index in [1.165, 1.54) is 76.7 Å². The van der Waals surface area contributed by atoms with Gasteiger partial charge in [0.2, 0.25) is 0 Å². The summed E-state index contributed by atoms with van der Waals surface area (Å²) >= 11 is 0. The minimum absolute atomic E-state index is 0.104. The lowest BCUT2D eigenvalue weighted by atomic mass is 10.0. The molecule has 0 saturated carbocycles.